The summed E-state index contributed by atoms with van der Waals surface area (Å²) in [6.07, 6.45) is 5.51. The normalized spacial score (nSPS) is 19.5. The topological polar surface area (TPSA) is 42.7 Å². The van der Waals surface area contributed by atoms with E-state index in [1.54, 1.807) is 0 Å². The van der Waals surface area contributed by atoms with Crippen LogP contribution < -0.4 is 5.32 Å². The number of benzene rings is 1. The first-order valence-electron chi connectivity index (χ1n) is 6.68. The maximum atomic E-state index is 4.29. The lowest BCUT2D eigenvalue weighted by molar-refractivity contribution is 0.387. The summed E-state index contributed by atoms with van der Waals surface area (Å²) in [5.41, 5.74) is 1.26. The lowest BCUT2D eigenvalue weighted by Crippen LogP contribution is -2.29. The van der Waals surface area contributed by atoms with Gasteiger partial charge in [-0.05, 0) is 37.1 Å². The van der Waals surface area contributed by atoms with Crippen molar-refractivity contribution in [2.24, 2.45) is 0 Å². The average Bonchev–Trinajstić information content (AvgIpc) is 2.90. The maximum absolute atomic E-state index is 4.29. The number of rotatable bonds is 3. The summed E-state index contributed by atoms with van der Waals surface area (Å²) in [6, 6.07) is 8.74. The zero-order valence-corrected chi connectivity index (χ0v) is 12.3. The summed E-state index contributed by atoms with van der Waals surface area (Å²) in [5.74, 6) is 1.06. The van der Waals surface area contributed by atoms with Crippen LogP contribution >= 0.6 is 15.9 Å². The number of piperidine rings is 1. The first-order chi connectivity index (χ1) is 9.33. The largest absolute Gasteiger partial charge is 0.312 e. The van der Waals surface area contributed by atoms with Crippen molar-refractivity contribution >= 4 is 15.9 Å². The van der Waals surface area contributed by atoms with E-state index in [1.165, 1.54) is 18.4 Å². The second-order valence-electron chi connectivity index (χ2n) is 4.95. The minimum absolute atomic E-state index is 0.353. The third-order valence-corrected chi connectivity index (χ3v) is 4.06. The molecule has 5 heteroatoms. The standard InChI is InChI=1S/C14H17BrN4/c15-12-6-4-11(5-7-12)9-19-10-17-18-14(19)13-3-1-2-8-16-13/h4-7,10,13,16H,1-3,8-9H2. The Morgan fingerprint density at radius 1 is 1.26 bits per heavy atom. The Morgan fingerprint density at radius 3 is 2.84 bits per heavy atom. The van der Waals surface area contributed by atoms with E-state index in [1.807, 2.05) is 6.33 Å². The van der Waals surface area contributed by atoms with Gasteiger partial charge in [-0.1, -0.05) is 34.5 Å². The molecule has 2 heterocycles. The highest BCUT2D eigenvalue weighted by atomic mass is 79.9. The van der Waals surface area contributed by atoms with Crippen LogP contribution in [0.5, 0.6) is 0 Å². The quantitative estimate of drug-likeness (QED) is 0.945. The maximum Gasteiger partial charge on any atom is 0.150 e. The third-order valence-electron chi connectivity index (χ3n) is 3.53. The Labute approximate surface area is 121 Å². The number of hydrogen-bond donors (Lipinski definition) is 1. The Balaban J connectivity index is 1.77. The van der Waals surface area contributed by atoms with Crippen molar-refractivity contribution in [3.63, 3.8) is 0 Å². The van der Waals surface area contributed by atoms with Crippen molar-refractivity contribution in [1.82, 2.24) is 20.1 Å². The van der Waals surface area contributed by atoms with Crippen LogP contribution in [0.25, 0.3) is 0 Å². The van der Waals surface area contributed by atoms with Crippen LogP contribution in [0.3, 0.4) is 0 Å². The van der Waals surface area contributed by atoms with Gasteiger partial charge in [0.15, 0.2) is 0 Å². The molecule has 100 valence electrons. The van der Waals surface area contributed by atoms with Gasteiger partial charge in [-0.3, -0.25) is 0 Å². The molecular weight excluding hydrogens is 304 g/mol. The summed E-state index contributed by atoms with van der Waals surface area (Å²) < 4.78 is 3.25. The summed E-state index contributed by atoms with van der Waals surface area (Å²) in [7, 11) is 0. The zero-order chi connectivity index (χ0) is 13.1. The molecule has 1 unspecified atom stereocenters. The van der Waals surface area contributed by atoms with E-state index in [9.17, 15) is 0 Å². The van der Waals surface area contributed by atoms with E-state index in [2.05, 4.69) is 60.3 Å². The van der Waals surface area contributed by atoms with Crippen LogP contribution in [0.1, 0.15) is 36.7 Å². The van der Waals surface area contributed by atoms with Gasteiger partial charge in [0.25, 0.3) is 0 Å². The van der Waals surface area contributed by atoms with Gasteiger partial charge in [0, 0.05) is 4.47 Å². The van der Waals surface area contributed by atoms with E-state index in [4.69, 9.17) is 0 Å². The highest BCUT2D eigenvalue weighted by Gasteiger charge is 2.19. The van der Waals surface area contributed by atoms with E-state index >= 15 is 0 Å². The van der Waals surface area contributed by atoms with Gasteiger partial charge in [-0.15, -0.1) is 10.2 Å². The van der Waals surface area contributed by atoms with Crippen LogP contribution in [0.4, 0.5) is 0 Å². The van der Waals surface area contributed by atoms with E-state index in [0.717, 1.165) is 29.8 Å². The van der Waals surface area contributed by atoms with Gasteiger partial charge in [-0.25, -0.2) is 0 Å². The lowest BCUT2D eigenvalue weighted by Gasteiger charge is -2.23. The predicted octanol–water partition coefficient (Wildman–Crippen LogP) is 2.90. The van der Waals surface area contributed by atoms with Gasteiger partial charge in [0.2, 0.25) is 0 Å². The minimum Gasteiger partial charge on any atom is -0.312 e. The smallest absolute Gasteiger partial charge is 0.150 e. The minimum atomic E-state index is 0.353. The lowest BCUT2D eigenvalue weighted by atomic mass is 10.0. The van der Waals surface area contributed by atoms with E-state index < -0.39 is 0 Å². The van der Waals surface area contributed by atoms with E-state index in [0.29, 0.717) is 6.04 Å². The van der Waals surface area contributed by atoms with Gasteiger partial charge >= 0.3 is 0 Å². The summed E-state index contributed by atoms with van der Waals surface area (Å²) in [6.45, 7) is 1.91. The van der Waals surface area contributed by atoms with Gasteiger partial charge < -0.3 is 9.88 Å². The van der Waals surface area contributed by atoms with Crippen LogP contribution in [0.2, 0.25) is 0 Å². The molecule has 1 saturated heterocycles. The van der Waals surface area contributed by atoms with Crippen molar-refractivity contribution in [3.8, 4) is 0 Å². The third kappa shape index (κ3) is 3.04. The highest BCUT2D eigenvalue weighted by molar-refractivity contribution is 9.10. The molecular formula is C14H17BrN4. The van der Waals surface area contributed by atoms with Crippen molar-refractivity contribution in [3.05, 3.63) is 46.5 Å². The fourth-order valence-corrected chi connectivity index (χ4v) is 2.78. The summed E-state index contributed by atoms with van der Waals surface area (Å²) >= 11 is 3.46. The van der Waals surface area contributed by atoms with Crippen LogP contribution in [0, 0.1) is 0 Å². The Morgan fingerprint density at radius 2 is 2.11 bits per heavy atom. The molecule has 1 N–H and O–H groups in total. The van der Waals surface area contributed by atoms with Gasteiger partial charge in [0.1, 0.15) is 12.2 Å². The van der Waals surface area contributed by atoms with Crippen LogP contribution in [-0.4, -0.2) is 21.3 Å². The second-order valence-corrected chi connectivity index (χ2v) is 5.86. The molecule has 0 aliphatic carbocycles. The molecule has 4 nitrogen and oxygen atoms in total. The first-order valence-corrected chi connectivity index (χ1v) is 7.48. The molecule has 0 bridgehead atoms. The molecule has 0 spiro atoms. The fraction of sp³-hybridized carbons (Fsp3) is 0.429. The predicted molar refractivity (Wildman–Crippen MR) is 77.9 cm³/mol. The Hall–Kier alpha value is -1.20. The Kier molecular flexibility index (Phi) is 3.94. The first kappa shape index (κ1) is 12.8. The Bertz CT molecular complexity index is 529. The zero-order valence-electron chi connectivity index (χ0n) is 10.7. The van der Waals surface area contributed by atoms with E-state index in [-0.39, 0.29) is 0 Å². The number of aromatic nitrogens is 3. The van der Waals surface area contributed by atoms with Crippen molar-refractivity contribution in [1.29, 1.82) is 0 Å². The van der Waals surface area contributed by atoms with Crippen molar-refractivity contribution in [2.45, 2.75) is 31.8 Å². The average molecular weight is 321 g/mol. The number of nitrogens with zero attached hydrogens (tertiary/aromatic N) is 3. The molecule has 2 aromatic rings. The van der Waals surface area contributed by atoms with Crippen molar-refractivity contribution < 1.29 is 0 Å². The number of nitrogens with one attached hydrogen (secondary N) is 1. The molecule has 1 aromatic heterocycles. The second kappa shape index (κ2) is 5.84. The van der Waals surface area contributed by atoms with Crippen LogP contribution in [-0.2, 0) is 6.54 Å². The van der Waals surface area contributed by atoms with Crippen LogP contribution in [0.15, 0.2) is 35.1 Å². The van der Waals surface area contributed by atoms with Gasteiger partial charge in [-0.2, -0.15) is 0 Å². The highest BCUT2D eigenvalue weighted by Crippen LogP contribution is 2.21. The molecule has 3 rings (SSSR count). The SMILES string of the molecule is Brc1ccc(Cn2cnnc2C2CCCCN2)cc1. The fourth-order valence-electron chi connectivity index (χ4n) is 2.51. The van der Waals surface area contributed by atoms with Crippen molar-refractivity contribution in [2.75, 3.05) is 6.54 Å². The number of hydrogen-bond acceptors (Lipinski definition) is 3. The molecule has 0 amide bonds. The molecule has 0 radical (unpaired) electrons. The molecule has 1 fully saturated rings. The molecule has 1 aromatic carbocycles. The monoisotopic (exact) mass is 320 g/mol. The molecule has 0 saturated carbocycles. The molecule has 1 aliphatic heterocycles. The molecule has 19 heavy (non-hydrogen) atoms. The molecule has 1 aliphatic rings. The number of halogens is 1. The summed E-state index contributed by atoms with van der Waals surface area (Å²) in [4.78, 5) is 0. The summed E-state index contributed by atoms with van der Waals surface area (Å²) in [5, 5.41) is 11.9. The molecule has 1 atom stereocenters. The van der Waals surface area contributed by atoms with Gasteiger partial charge in [0.05, 0.1) is 12.6 Å².